The smallest absolute Gasteiger partial charge is 0.272 e. The van der Waals surface area contributed by atoms with E-state index < -0.39 is 23.4 Å². The quantitative estimate of drug-likeness (QED) is 0.152. The lowest BCUT2D eigenvalue weighted by Crippen LogP contribution is -2.30. The molecule has 0 aliphatic carbocycles. The summed E-state index contributed by atoms with van der Waals surface area (Å²) >= 11 is 7.38. The van der Waals surface area contributed by atoms with Crippen LogP contribution < -0.4 is 16.0 Å². The Kier molecular flexibility index (Phi) is 9.66. The van der Waals surface area contributed by atoms with Crippen LogP contribution in [0.2, 0.25) is 5.02 Å². The normalized spacial score (nSPS) is 11.0. The van der Waals surface area contributed by atoms with Crippen LogP contribution in [0, 0.1) is 11.6 Å². The molecule has 0 atom stereocenters. The van der Waals surface area contributed by atoms with Gasteiger partial charge in [-0.3, -0.25) is 14.4 Å². The summed E-state index contributed by atoms with van der Waals surface area (Å²) in [7, 11) is 0. The highest BCUT2D eigenvalue weighted by Crippen LogP contribution is 2.24. The van der Waals surface area contributed by atoms with Crippen LogP contribution >= 0.6 is 23.4 Å². The molecule has 0 radical (unpaired) electrons. The molecule has 3 amide bonds. The zero-order valence-corrected chi connectivity index (χ0v) is 22.4. The van der Waals surface area contributed by atoms with Gasteiger partial charge >= 0.3 is 0 Å². The van der Waals surface area contributed by atoms with Crippen molar-refractivity contribution in [3.63, 3.8) is 0 Å². The summed E-state index contributed by atoms with van der Waals surface area (Å²) in [6.45, 7) is 0. The lowest BCUT2D eigenvalue weighted by Gasteiger charge is -2.13. The SMILES string of the molecule is O=C(CSc1cccc(NC(=O)/C(=C\c2c(F)cccc2Cl)NC(=O)c2ccccc2)c1)Nc1ccc(F)cc1. The molecular formula is C30H22ClF2N3O3S. The van der Waals surface area contributed by atoms with Gasteiger partial charge in [0.05, 0.1) is 10.8 Å². The molecule has 0 spiro atoms. The fraction of sp³-hybridized carbons (Fsp3) is 0.0333. The van der Waals surface area contributed by atoms with Crippen molar-refractivity contribution in [2.75, 3.05) is 16.4 Å². The van der Waals surface area contributed by atoms with Crippen LogP contribution in [0.15, 0.2) is 108 Å². The van der Waals surface area contributed by atoms with Crippen molar-refractivity contribution in [1.29, 1.82) is 0 Å². The summed E-state index contributed by atoms with van der Waals surface area (Å²) in [6, 6.07) is 24.5. The van der Waals surface area contributed by atoms with Crippen molar-refractivity contribution in [2.24, 2.45) is 0 Å². The Morgan fingerprint density at radius 2 is 1.52 bits per heavy atom. The Morgan fingerprint density at radius 1 is 0.800 bits per heavy atom. The van der Waals surface area contributed by atoms with Crippen molar-refractivity contribution in [3.8, 4) is 0 Å². The molecule has 0 heterocycles. The number of carbonyl (C=O) groups excluding carboxylic acids is 3. The number of thioether (sulfide) groups is 1. The van der Waals surface area contributed by atoms with Crippen LogP contribution in [-0.2, 0) is 9.59 Å². The Balaban J connectivity index is 1.48. The van der Waals surface area contributed by atoms with E-state index in [1.165, 1.54) is 60.3 Å². The molecule has 40 heavy (non-hydrogen) atoms. The van der Waals surface area contributed by atoms with E-state index in [-0.39, 0.29) is 27.9 Å². The second-order valence-electron chi connectivity index (χ2n) is 8.34. The van der Waals surface area contributed by atoms with Crippen LogP contribution in [0.4, 0.5) is 20.2 Å². The minimum atomic E-state index is -0.709. The van der Waals surface area contributed by atoms with Crippen LogP contribution in [0.1, 0.15) is 15.9 Å². The molecule has 0 aliphatic heterocycles. The number of carbonyl (C=O) groups is 3. The number of rotatable bonds is 9. The first-order chi connectivity index (χ1) is 19.3. The van der Waals surface area contributed by atoms with Gasteiger partial charge in [-0.05, 0) is 72.8 Å². The molecule has 0 bridgehead atoms. The number of halogens is 3. The third-order valence-corrected chi connectivity index (χ3v) is 6.73. The lowest BCUT2D eigenvalue weighted by molar-refractivity contribution is -0.114. The molecule has 0 aromatic heterocycles. The molecule has 3 N–H and O–H groups in total. The van der Waals surface area contributed by atoms with Gasteiger partial charge in [0.25, 0.3) is 11.8 Å². The van der Waals surface area contributed by atoms with Gasteiger partial charge in [0.1, 0.15) is 17.3 Å². The predicted octanol–water partition coefficient (Wildman–Crippen LogP) is 6.76. The zero-order valence-electron chi connectivity index (χ0n) is 20.8. The molecule has 0 unspecified atom stereocenters. The van der Waals surface area contributed by atoms with Gasteiger partial charge in [-0.15, -0.1) is 11.8 Å². The summed E-state index contributed by atoms with van der Waals surface area (Å²) in [4.78, 5) is 39.0. The monoisotopic (exact) mass is 577 g/mol. The summed E-state index contributed by atoms with van der Waals surface area (Å²) in [5.74, 6) is -2.56. The minimum Gasteiger partial charge on any atom is -0.325 e. The van der Waals surface area contributed by atoms with E-state index in [2.05, 4.69) is 16.0 Å². The molecule has 202 valence electrons. The summed E-state index contributed by atoms with van der Waals surface area (Å²) in [6.07, 6.45) is 1.17. The highest BCUT2D eigenvalue weighted by Gasteiger charge is 2.17. The molecule has 4 aromatic carbocycles. The van der Waals surface area contributed by atoms with Crippen LogP contribution in [0.3, 0.4) is 0 Å². The average Bonchev–Trinajstić information content (AvgIpc) is 2.95. The highest BCUT2D eigenvalue weighted by molar-refractivity contribution is 8.00. The van der Waals surface area contributed by atoms with Crippen molar-refractivity contribution < 1.29 is 23.2 Å². The van der Waals surface area contributed by atoms with E-state index >= 15 is 0 Å². The lowest BCUT2D eigenvalue weighted by atomic mass is 10.1. The summed E-state index contributed by atoms with van der Waals surface area (Å²) < 4.78 is 27.6. The van der Waals surface area contributed by atoms with Gasteiger partial charge in [0.15, 0.2) is 0 Å². The Labute approximate surface area is 238 Å². The average molecular weight is 578 g/mol. The maximum atomic E-state index is 14.5. The van der Waals surface area contributed by atoms with Crippen LogP contribution in [0.25, 0.3) is 6.08 Å². The molecule has 0 fully saturated rings. The van der Waals surface area contributed by atoms with E-state index in [0.29, 0.717) is 21.8 Å². The van der Waals surface area contributed by atoms with Crippen molar-refractivity contribution in [1.82, 2.24) is 5.32 Å². The minimum absolute atomic E-state index is 0.0563. The molecule has 0 aliphatic rings. The maximum Gasteiger partial charge on any atom is 0.272 e. The number of anilines is 2. The molecule has 6 nitrogen and oxygen atoms in total. The highest BCUT2D eigenvalue weighted by atomic mass is 35.5. The Hall–Kier alpha value is -4.47. The summed E-state index contributed by atoms with van der Waals surface area (Å²) in [5, 5.41) is 7.98. The van der Waals surface area contributed by atoms with Crippen LogP contribution in [-0.4, -0.2) is 23.5 Å². The number of amides is 3. The first-order valence-electron chi connectivity index (χ1n) is 11.9. The van der Waals surface area contributed by atoms with E-state index in [9.17, 15) is 23.2 Å². The van der Waals surface area contributed by atoms with E-state index in [1.807, 2.05) is 0 Å². The fourth-order valence-corrected chi connectivity index (χ4v) is 4.45. The second kappa shape index (κ2) is 13.5. The van der Waals surface area contributed by atoms with Crippen LogP contribution in [0.5, 0.6) is 0 Å². The van der Waals surface area contributed by atoms with Gasteiger partial charge in [0, 0.05) is 27.4 Å². The molecule has 0 saturated heterocycles. The van der Waals surface area contributed by atoms with Gasteiger partial charge < -0.3 is 16.0 Å². The predicted molar refractivity (Wildman–Crippen MR) is 154 cm³/mol. The first-order valence-corrected chi connectivity index (χ1v) is 13.3. The van der Waals surface area contributed by atoms with Gasteiger partial charge in [-0.1, -0.05) is 41.9 Å². The number of benzene rings is 4. The Bertz CT molecular complexity index is 1540. The Morgan fingerprint density at radius 3 is 2.25 bits per heavy atom. The largest absolute Gasteiger partial charge is 0.325 e. The molecule has 4 aromatic rings. The second-order valence-corrected chi connectivity index (χ2v) is 9.80. The fourth-order valence-electron chi connectivity index (χ4n) is 3.48. The van der Waals surface area contributed by atoms with Crippen molar-refractivity contribution in [2.45, 2.75) is 4.90 Å². The number of hydrogen-bond donors (Lipinski definition) is 3. The van der Waals surface area contributed by atoms with Crippen molar-refractivity contribution in [3.05, 3.63) is 131 Å². The third kappa shape index (κ3) is 8.02. The van der Waals surface area contributed by atoms with Crippen molar-refractivity contribution >= 4 is 58.5 Å². The standard InChI is InChI=1S/C30H22ClF2N3O3S/c31-25-10-5-11-26(33)24(25)17-27(36-29(38)19-6-2-1-3-7-19)30(39)35-22-8-4-9-23(16-22)40-18-28(37)34-21-14-12-20(32)13-15-21/h1-17H,18H2,(H,34,37)(H,35,39)(H,36,38)/b27-17+. The topological polar surface area (TPSA) is 87.3 Å². The molecule has 4 rings (SSSR count). The number of hydrogen-bond acceptors (Lipinski definition) is 4. The van der Waals surface area contributed by atoms with Gasteiger partial charge in [-0.25, -0.2) is 8.78 Å². The molecule has 10 heteroatoms. The molecule has 0 saturated carbocycles. The number of nitrogens with one attached hydrogen (secondary N) is 3. The maximum absolute atomic E-state index is 14.5. The van der Waals surface area contributed by atoms with E-state index in [4.69, 9.17) is 11.6 Å². The van der Waals surface area contributed by atoms with E-state index in [1.54, 1.807) is 54.6 Å². The molecular weight excluding hydrogens is 556 g/mol. The zero-order chi connectivity index (χ0) is 28.5. The first kappa shape index (κ1) is 28.5. The van der Waals surface area contributed by atoms with Gasteiger partial charge in [-0.2, -0.15) is 0 Å². The van der Waals surface area contributed by atoms with Gasteiger partial charge in [0.2, 0.25) is 5.91 Å². The third-order valence-electron chi connectivity index (χ3n) is 5.41. The summed E-state index contributed by atoms with van der Waals surface area (Å²) in [5.41, 5.74) is 0.878. The van der Waals surface area contributed by atoms with E-state index in [0.717, 1.165) is 0 Å².